The van der Waals surface area contributed by atoms with Gasteiger partial charge in [0.05, 0.1) is 0 Å². The maximum absolute atomic E-state index is 5.54. The number of benzene rings is 2. The summed E-state index contributed by atoms with van der Waals surface area (Å²) in [4.78, 5) is 0. The normalized spacial score (nSPS) is 12.3. The van der Waals surface area contributed by atoms with E-state index in [1.165, 1.54) is 21.8 Å². The Hall–Kier alpha value is -1.66. The van der Waals surface area contributed by atoms with Gasteiger partial charge in [0.1, 0.15) is 0 Å². The highest BCUT2D eigenvalue weighted by molar-refractivity contribution is 6.60. The fraction of sp³-hybridized carbons (Fsp3) is 0.294. The van der Waals surface area contributed by atoms with Gasteiger partial charge in [-0.3, -0.25) is 0 Å². The zero-order valence-corrected chi connectivity index (χ0v) is 14.2. The lowest BCUT2D eigenvalue weighted by molar-refractivity contribution is 0.122. The molecule has 1 heterocycles. The van der Waals surface area contributed by atoms with Gasteiger partial charge in [-0.05, 0) is 12.1 Å². The first-order valence-electron chi connectivity index (χ1n) is 7.36. The SMILES string of the molecule is CO[Si](CCn1c2ccccc2c2ccccc21)(OC)OC. The van der Waals surface area contributed by atoms with Crippen molar-refractivity contribution in [1.82, 2.24) is 4.57 Å². The topological polar surface area (TPSA) is 32.6 Å². The van der Waals surface area contributed by atoms with Crippen LogP contribution < -0.4 is 0 Å². The summed E-state index contributed by atoms with van der Waals surface area (Å²) in [6, 6.07) is 17.7. The zero-order valence-electron chi connectivity index (χ0n) is 13.2. The third kappa shape index (κ3) is 2.46. The minimum Gasteiger partial charge on any atom is -0.377 e. The highest BCUT2D eigenvalue weighted by Gasteiger charge is 2.37. The van der Waals surface area contributed by atoms with Crippen molar-refractivity contribution in [3.8, 4) is 0 Å². The Morgan fingerprint density at radius 2 is 1.23 bits per heavy atom. The van der Waals surface area contributed by atoms with E-state index in [1.54, 1.807) is 21.3 Å². The number of hydrogen-bond acceptors (Lipinski definition) is 3. The maximum Gasteiger partial charge on any atom is 0.501 e. The first-order valence-corrected chi connectivity index (χ1v) is 9.29. The van der Waals surface area contributed by atoms with Gasteiger partial charge in [-0.25, -0.2) is 0 Å². The van der Waals surface area contributed by atoms with Crippen LogP contribution in [0, 0.1) is 0 Å². The summed E-state index contributed by atoms with van der Waals surface area (Å²) in [7, 11) is 2.40. The van der Waals surface area contributed by atoms with Crippen molar-refractivity contribution in [3.63, 3.8) is 0 Å². The van der Waals surface area contributed by atoms with E-state index >= 15 is 0 Å². The van der Waals surface area contributed by atoms with E-state index in [4.69, 9.17) is 13.3 Å². The zero-order chi connectivity index (χ0) is 15.6. The second-order valence-corrected chi connectivity index (χ2v) is 8.32. The van der Waals surface area contributed by atoms with Gasteiger partial charge in [-0.2, -0.15) is 0 Å². The monoisotopic (exact) mass is 315 g/mol. The Kier molecular flexibility index (Phi) is 4.31. The van der Waals surface area contributed by atoms with Gasteiger partial charge in [0.15, 0.2) is 0 Å². The number of aromatic nitrogens is 1. The summed E-state index contributed by atoms with van der Waals surface area (Å²) in [6.45, 7) is 0.801. The molecule has 0 N–H and O–H groups in total. The Bertz CT molecular complexity index is 718. The molecule has 22 heavy (non-hydrogen) atoms. The largest absolute Gasteiger partial charge is 0.501 e. The number of nitrogens with zero attached hydrogens (tertiary/aromatic N) is 1. The number of rotatable bonds is 6. The van der Waals surface area contributed by atoms with Gasteiger partial charge < -0.3 is 17.8 Å². The molecule has 0 aliphatic rings. The average Bonchev–Trinajstić information content (AvgIpc) is 2.91. The lowest BCUT2D eigenvalue weighted by Crippen LogP contribution is -2.43. The first-order chi connectivity index (χ1) is 10.7. The van der Waals surface area contributed by atoms with Gasteiger partial charge in [-0.15, -0.1) is 0 Å². The third-order valence-electron chi connectivity index (χ3n) is 4.25. The summed E-state index contributed by atoms with van der Waals surface area (Å²) < 4.78 is 18.9. The standard InChI is InChI=1S/C17H21NO3Si/c1-19-22(20-2,21-3)13-12-18-16-10-6-4-8-14(16)15-9-5-7-11-17(15)18/h4-11H,12-13H2,1-3H3. The minimum absolute atomic E-state index is 0.735. The van der Waals surface area contributed by atoms with E-state index in [0.717, 1.165) is 12.6 Å². The summed E-state index contributed by atoms with van der Waals surface area (Å²) in [5.41, 5.74) is 2.46. The van der Waals surface area contributed by atoms with Crippen LogP contribution in [0.5, 0.6) is 0 Å². The Morgan fingerprint density at radius 1 is 0.773 bits per heavy atom. The van der Waals surface area contributed by atoms with E-state index in [2.05, 4.69) is 53.1 Å². The molecule has 116 valence electrons. The van der Waals surface area contributed by atoms with Gasteiger partial charge in [0, 0.05) is 55.7 Å². The molecule has 4 nitrogen and oxygen atoms in total. The van der Waals surface area contributed by atoms with Crippen molar-refractivity contribution in [2.24, 2.45) is 0 Å². The van der Waals surface area contributed by atoms with Crippen LogP contribution >= 0.6 is 0 Å². The molecule has 0 spiro atoms. The van der Waals surface area contributed by atoms with Crippen LogP contribution in [0.4, 0.5) is 0 Å². The van der Waals surface area contributed by atoms with Crippen molar-refractivity contribution < 1.29 is 13.3 Å². The van der Waals surface area contributed by atoms with Crippen molar-refractivity contribution in [2.75, 3.05) is 21.3 Å². The minimum atomic E-state index is -2.57. The van der Waals surface area contributed by atoms with Crippen LogP contribution in [-0.2, 0) is 19.8 Å². The van der Waals surface area contributed by atoms with Crippen LogP contribution in [-0.4, -0.2) is 34.7 Å². The molecular formula is C17H21NO3Si. The molecule has 0 saturated heterocycles. The van der Waals surface area contributed by atoms with Crippen molar-refractivity contribution in [3.05, 3.63) is 48.5 Å². The highest BCUT2D eigenvalue weighted by atomic mass is 28.4. The quantitative estimate of drug-likeness (QED) is 0.651. The fourth-order valence-electron chi connectivity index (χ4n) is 3.05. The van der Waals surface area contributed by atoms with E-state index in [0.29, 0.717) is 0 Å². The van der Waals surface area contributed by atoms with Crippen LogP contribution in [0.15, 0.2) is 48.5 Å². The average molecular weight is 315 g/mol. The van der Waals surface area contributed by atoms with Crippen LogP contribution in [0.2, 0.25) is 6.04 Å². The lowest BCUT2D eigenvalue weighted by atomic mass is 10.2. The van der Waals surface area contributed by atoms with Crippen molar-refractivity contribution in [1.29, 1.82) is 0 Å². The second kappa shape index (κ2) is 6.22. The molecule has 0 radical (unpaired) electrons. The number of aryl methyl sites for hydroxylation is 1. The van der Waals surface area contributed by atoms with E-state index in [-0.39, 0.29) is 0 Å². The molecule has 0 unspecified atom stereocenters. The molecular weight excluding hydrogens is 294 g/mol. The number of fused-ring (bicyclic) bond motifs is 3. The van der Waals surface area contributed by atoms with Gasteiger partial charge in [0.2, 0.25) is 0 Å². The molecule has 1 aromatic heterocycles. The highest BCUT2D eigenvalue weighted by Crippen LogP contribution is 2.29. The predicted octanol–water partition coefficient (Wildman–Crippen LogP) is 3.67. The molecule has 0 fully saturated rings. The van der Waals surface area contributed by atoms with E-state index in [9.17, 15) is 0 Å². The van der Waals surface area contributed by atoms with Gasteiger partial charge in [-0.1, -0.05) is 36.4 Å². The van der Waals surface area contributed by atoms with Crippen LogP contribution in [0.25, 0.3) is 21.8 Å². The van der Waals surface area contributed by atoms with Gasteiger partial charge in [0.25, 0.3) is 0 Å². The molecule has 0 atom stereocenters. The molecule has 0 bridgehead atoms. The van der Waals surface area contributed by atoms with Crippen LogP contribution in [0.1, 0.15) is 0 Å². The Labute approximate surface area is 131 Å². The lowest BCUT2D eigenvalue weighted by Gasteiger charge is -2.24. The summed E-state index contributed by atoms with van der Waals surface area (Å²) >= 11 is 0. The number of para-hydroxylation sites is 2. The third-order valence-corrected chi connectivity index (χ3v) is 6.96. The summed E-state index contributed by atoms with van der Waals surface area (Å²) in [5.74, 6) is 0. The Balaban J connectivity index is 2.06. The molecule has 0 aliphatic heterocycles. The molecule has 5 heteroatoms. The maximum atomic E-state index is 5.54. The van der Waals surface area contributed by atoms with Crippen molar-refractivity contribution in [2.45, 2.75) is 12.6 Å². The Morgan fingerprint density at radius 3 is 1.68 bits per heavy atom. The second-order valence-electron chi connectivity index (χ2n) is 5.23. The molecule has 0 aliphatic carbocycles. The molecule has 3 rings (SSSR count). The molecule has 0 amide bonds. The molecule has 2 aromatic carbocycles. The van der Waals surface area contributed by atoms with E-state index < -0.39 is 8.80 Å². The first kappa shape index (κ1) is 15.2. The van der Waals surface area contributed by atoms with Crippen molar-refractivity contribution >= 4 is 30.6 Å². The summed E-state index contributed by atoms with van der Waals surface area (Å²) in [6.07, 6.45) is 0. The summed E-state index contributed by atoms with van der Waals surface area (Å²) in [5, 5.41) is 2.55. The molecule has 3 aromatic rings. The van der Waals surface area contributed by atoms with Crippen LogP contribution in [0.3, 0.4) is 0 Å². The fourth-order valence-corrected chi connectivity index (χ4v) is 4.66. The smallest absolute Gasteiger partial charge is 0.377 e. The molecule has 0 saturated carbocycles. The predicted molar refractivity (Wildman–Crippen MR) is 91.0 cm³/mol. The van der Waals surface area contributed by atoms with E-state index in [1.807, 2.05) is 0 Å². The van der Waals surface area contributed by atoms with Gasteiger partial charge >= 0.3 is 8.80 Å². The number of hydrogen-bond donors (Lipinski definition) is 0.